The number of hydrogen-bond acceptors (Lipinski definition) is 9. The summed E-state index contributed by atoms with van der Waals surface area (Å²) in [4.78, 5) is 27.0. The number of carboxylic acid groups (broad SMARTS) is 3. The van der Waals surface area contributed by atoms with E-state index >= 15 is 0 Å². The Hall–Kier alpha value is -1.26. The summed E-state index contributed by atoms with van der Waals surface area (Å²) in [6.07, 6.45) is 0. The van der Waals surface area contributed by atoms with Gasteiger partial charge in [0.2, 0.25) is 0 Å². The van der Waals surface area contributed by atoms with Crippen LogP contribution < -0.4 is 21.5 Å². The molecule has 0 aliphatic heterocycles. The van der Waals surface area contributed by atoms with Gasteiger partial charge in [0.05, 0.1) is 37.7 Å². The largest absolute Gasteiger partial charge is 2.00 e. The standard InChI is InChI=1S/3C2H4O3.H3N.Ni/c3*3-1-2(4)5;;/h3*3H,1H2,(H,4,5);1H3;/q;;;;+2/p-2. The molecule has 0 rings (SSSR count). The van der Waals surface area contributed by atoms with Gasteiger partial charge in [0, 0.05) is 0 Å². The zero-order valence-corrected chi connectivity index (χ0v) is 9.72. The maximum Gasteiger partial charge on any atom is 2.00 e. The van der Waals surface area contributed by atoms with Gasteiger partial charge in [-0.2, -0.15) is 0 Å². The molecule has 0 saturated heterocycles. The van der Waals surface area contributed by atoms with Gasteiger partial charge in [0.15, 0.2) is 0 Å². The molecule has 0 atom stereocenters. The summed E-state index contributed by atoms with van der Waals surface area (Å²) in [5.41, 5.74) is 0. The number of carboxylic acids is 3. The van der Waals surface area contributed by atoms with Crippen LogP contribution in [0.5, 0.6) is 0 Å². The molecule has 0 aliphatic carbocycles. The van der Waals surface area contributed by atoms with Crippen molar-refractivity contribution in [3.8, 4) is 0 Å². The van der Waals surface area contributed by atoms with Crippen LogP contribution in [-0.4, -0.2) is 53.0 Å². The summed E-state index contributed by atoms with van der Waals surface area (Å²) in [7, 11) is 0. The number of aliphatic hydroxyl groups excluding tert-OH is 3. The Balaban J connectivity index is -0.0000000400. The number of hydrogen-bond donors (Lipinski definition) is 4. The van der Waals surface area contributed by atoms with Gasteiger partial charge in [-0.3, -0.25) is 0 Å². The molecule has 0 amide bonds. The van der Waals surface area contributed by atoms with E-state index in [2.05, 4.69) is 0 Å². The van der Waals surface area contributed by atoms with Gasteiger partial charge in [0.25, 0.3) is 0 Å². The van der Waals surface area contributed by atoms with Crippen LogP contribution in [0.3, 0.4) is 0 Å². The second-order valence-corrected chi connectivity index (χ2v) is 1.59. The number of carbonyl (C=O) groups is 3. The van der Waals surface area contributed by atoms with Crippen molar-refractivity contribution >= 4 is 17.9 Å². The van der Waals surface area contributed by atoms with E-state index in [1.54, 1.807) is 0 Å². The van der Waals surface area contributed by atoms with Crippen molar-refractivity contribution in [2.45, 2.75) is 0 Å². The van der Waals surface area contributed by atoms with Gasteiger partial charge in [0.1, 0.15) is 0 Å². The maximum absolute atomic E-state index is 9.01. The molecule has 0 aliphatic rings. The third-order valence-electron chi connectivity index (χ3n) is 0.387. The molecule has 10 nitrogen and oxygen atoms in total. The summed E-state index contributed by atoms with van der Waals surface area (Å²) in [5.74, 6) is -4.32. The molecular weight excluding hydrogens is 289 g/mol. The Morgan fingerprint density at radius 3 is 0.765 bits per heavy atom. The third-order valence-corrected chi connectivity index (χ3v) is 0.387. The summed E-state index contributed by atoms with van der Waals surface area (Å²) < 4.78 is 0. The first-order chi connectivity index (χ1) is 6.81. The van der Waals surface area contributed by atoms with Crippen molar-refractivity contribution in [2.75, 3.05) is 19.8 Å². The average Bonchev–Trinajstić information content (AvgIpc) is 2.19. The first-order valence-corrected chi connectivity index (χ1v) is 3.23. The van der Waals surface area contributed by atoms with Crippen molar-refractivity contribution < 1.29 is 61.5 Å². The Morgan fingerprint density at radius 1 is 0.706 bits per heavy atom. The van der Waals surface area contributed by atoms with Crippen LogP contribution in [-0.2, 0) is 30.9 Å². The van der Waals surface area contributed by atoms with Crippen LogP contribution in [0.15, 0.2) is 0 Å². The van der Waals surface area contributed by atoms with Crippen molar-refractivity contribution in [1.29, 1.82) is 0 Å². The van der Waals surface area contributed by atoms with Crippen molar-refractivity contribution in [2.24, 2.45) is 0 Å². The molecule has 0 aromatic carbocycles. The quantitative estimate of drug-likeness (QED) is 0.363. The zero-order chi connectivity index (χ0) is 12.9. The van der Waals surface area contributed by atoms with E-state index in [0.29, 0.717) is 0 Å². The molecule has 0 unspecified atom stereocenters. The molecule has 11 heteroatoms. The van der Waals surface area contributed by atoms with Gasteiger partial charge in [-0.05, 0) is 0 Å². The smallest absolute Gasteiger partial charge is 0.548 e. The summed E-state index contributed by atoms with van der Waals surface area (Å²) in [6, 6.07) is 0. The third kappa shape index (κ3) is 106. The van der Waals surface area contributed by atoms with Crippen molar-refractivity contribution in [3.63, 3.8) is 0 Å². The first-order valence-electron chi connectivity index (χ1n) is 3.23. The molecule has 0 aromatic rings. The normalized spacial score (nSPS) is 6.53. The minimum atomic E-state index is -1.44. The van der Waals surface area contributed by atoms with E-state index < -0.39 is 37.7 Å². The van der Waals surface area contributed by atoms with Crippen LogP contribution >= 0.6 is 0 Å². The van der Waals surface area contributed by atoms with Crippen LogP contribution in [0.25, 0.3) is 0 Å². The van der Waals surface area contributed by atoms with Gasteiger partial charge in [-0.1, -0.05) is 0 Å². The Morgan fingerprint density at radius 2 is 0.765 bits per heavy atom. The van der Waals surface area contributed by atoms with Crippen LogP contribution in [0.1, 0.15) is 0 Å². The van der Waals surface area contributed by atoms with Crippen LogP contribution in [0.2, 0.25) is 0 Å². The van der Waals surface area contributed by atoms with Gasteiger partial charge in [-0.15, -0.1) is 0 Å². The summed E-state index contributed by atoms with van der Waals surface area (Å²) >= 11 is 0. The molecule has 0 bridgehead atoms. The van der Waals surface area contributed by atoms with Gasteiger partial charge in [-0.25, -0.2) is 0 Å². The Bertz CT molecular complexity index is 165. The maximum atomic E-state index is 9.01. The van der Waals surface area contributed by atoms with E-state index in [1.165, 1.54) is 0 Å². The van der Waals surface area contributed by atoms with E-state index in [0.717, 1.165) is 0 Å². The fourth-order valence-corrected chi connectivity index (χ4v) is 0. The van der Waals surface area contributed by atoms with Gasteiger partial charge < -0.3 is 51.2 Å². The van der Waals surface area contributed by atoms with E-state index in [1.807, 2.05) is 0 Å². The van der Waals surface area contributed by atoms with E-state index in [9.17, 15) is 0 Å². The SMILES string of the molecule is O=C([O-])CO.O=C([O-])CO.O=C([O-])CO.[NH4+].[Ni+2]. The summed E-state index contributed by atoms with van der Waals surface area (Å²) in [5, 5.41) is 49.5. The number of quaternary nitrogens is 1. The molecule has 106 valence electrons. The van der Waals surface area contributed by atoms with E-state index in [-0.39, 0.29) is 22.6 Å². The van der Waals surface area contributed by atoms with Crippen molar-refractivity contribution in [1.82, 2.24) is 6.15 Å². The predicted octanol–water partition coefficient (Wildman–Crippen LogP) is -6.44. The average molecular weight is 302 g/mol. The molecular formula is C6H13NNiO9. The molecule has 0 aromatic heterocycles. The molecule has 17 heavy (non-hydrogen) atoms. The molecule has 0 fully saturated rings. The number of carbonyl (C=O) groups excluding carboxylic acids is 3. The molecule has 0 saturated carbocycles. The molecule has 0 heterocycles. The van der Waals surface area contributed by atoms with Gasteiger partial charge >= 0.3 is 16.5 Å². The number of rotatable bonds is 3. The molecule has 0 spiro atoms. The fourth-order valence-electron chi connectivity index (χ4n) is 0. The second-order valence-electron chi connectivity index (χ2n) is 1.59. The molecule has 0 radical (unpaired) electrons. The minimum Gasteiger partial charge on any atom is -0.548 e. The minimum absolute atomic E-state index is 0. The Labute approximate surface area is 106 Å². The van der Waals surface area contributed by atoms with Crippen LogP contribution in [0.4, 0.5) is 0 Å². The summed E-state index contributed by atoms with van der Waals surface area (Å²) in [6.45, 7) is -2.67. The first kappa shape index (κ1) is 29.6. The van der Waals surface area contributed by atoms with Crippen LogP contribution in [0, 0.1) is 0 Å². The fraction of sp³-hybridized carbons (Fsp3) is 0.500. The zero-order valence-electron chi connectivity index (χ0n) is 8.73. The van der Waals surface area contributed by atoms with E-state index in [4.69, 9.17) is 45.0 Å². The monoisotopic (exact) mass is 301 g/mol. The number of aliphatic carboxylic acids is 3. The predicted molar refractivity (Wildman–Crippen MR) is 42.3 cm³/mol. The molecule has 7 N–H and O–H groups in total. The number of aliphatic hydroxyl groups is 3. The Kier molecular flexibility index (Phi) is 42.1. The second kappa shape index (κ2) is 24.1. The van der Waals surface area contributed by atoms with Crippen molar-refractivity contribution in [3.05, 3.63) is 0 Å². The topological polar surface area (TPSA) is 218 Å².